The first-order valence-electron chi connectivity index (χ1n) is 7.17. The van der Waals surface area contributed by atoms with Crippen molar-refractivity contribution >= 4 is 52.1 Å². The number of guanidine groups is 1. The maximum atomic E-state index is 12.0. The molecule has 0 fully saturated rings. The van der Waals surface area contributed by atoms with Gasteiger partial charge in [-0.25, -0.2) is 0 Å². The van der Waals surface area contributed by atoms with Crippen LogP contribution in [0, 0.1) is 0 Å². The molecule has 0 aliphatic rings. The minimum atomic E-state index is -0.831. The van der Waals surface area contributed by atoms with Crippen LogP contribution in [0.15, 0.2) is 22.5 Å². The highest BCUT2D eigenvalue weighted by Crippen LogP contribution is 2.11. The molecule has 128 valence electrons. The summed E-state index contributed by atoms with van der Waals surface area (Å²) in [5.74, 6) is 1.50. The first kappa shape index (κ1) is 21.9. The van der Waals surface area contributed by atoms with Crippen molar-refractivity contribution in [2.24, 2.45) is 4.99 Å². The van der Waals surface area contributed by atoms with Gasteiger partial charge in [0.15, 0.2) is 5.96 Å². The minimum Gasteiger partial charge on any atom is -0.355 e. The second-order valence-electron chi connectivity index (χ2n) is 5.89. The molecule has 0 saturated heterocycles. The first-order valence-corrected chi connectivity index (χ1v) is 9.37. The van der Waals surface area contributed by atoms with Crippen LogP contribution < -0.4 is 5.32 Å². The van der Waals surface area contributed by atoms with E-state index in [4.69, 9.17) is 0 Å². The molecule has 22 heavy (non-hydrogen) atoms. The molecule has 0 spiro atoms. The summed E-state index contributed by atoms with van der Waals surface area (Å²) in [6.45, 7) is 7.61. The highest BCUT2D eigenvalue weighted by atomic mass is 127. The lowest BCUT2D eigenvalue weighted by atomic mass is 10.3. The van der Waals surface area contributed by atoms with Crippen LogP contribution in [0.25, 0.3) is 0 Å². The average molecular weight is 457 g/mol. The Labute approximate surface area is 158 Å². The number of likely N-dealkylation sites (N-methyl/N-ethyl adjacent to an activating group) is 1. The van der Waals surface area contributed by atoms with Crippen LogP contribution in [0.5, 0.6) is 0 Å². The number of hydrogen-bond acceptors (Lipinski definition) is 3. The van der Waals surface area contributed by atoms with Crippen LogP contribution in [0.1, 0.15) is 25.6 Å². The molecule has 0 saturated carbocycles. The van der Waals surface area contributed by atoms with Gasteiger partial charge in [-0.05, 0) is 38.6 Å². The first-order chi connectivity index (χ1) is 9.84. The maximum absolute atomic E-state index is 12.0. The summed E-state index contributed by atoms with van der Waals surface area (Å²) in [6.07, 6.45) is 1.02. The van der Waals surface area contributed by atoms with E-state index in [2.05, 4.69) is 32.7 Å². The number of hydrogen-bond donors (Lipinski definition) is 1. The average Bonchev–Trinajstić information content (AvgIpc) is 2.92. The van der Waals surface area contributed by atoms with Crippen LogP contribution in [0.2, 0.25) is 0 Å². The molecule has 0 amide bonds. The van der Waals surface area contributed by atoms with Gasteiger partial charge in [-0.1, -0.05) is 6.07 Å². The van der Waals surface area contributed by atoms with E-state index < -0.39 is 10.8 Å². The maximum Gasteiger partial charge on any atom is 0.193 e. The molecule has 4 nitrogen and oxygen atoms in total. The zero-order chi connectivity index (χ0) is 15.9. The topological polar surface area (TPSA) is 44.7 Å². The largest absolute Gasteiger partial charge is 0.355 e. The van der Waals surface area contributed by atoms with Crippen molar-refractivity contribution in [3.8, 4) is 0 Å². The molecule has 0 aliphatic carbocycles. The Bertz CT molecular complexity index is 470. The van der Waals surface area contributed by atoms with Crippen LogP contribution in [0.4, 0.5) is 0 Å². The van der Waals surface area contributed by atoms with Crippen molar-refractivity contribution in [3.05, 3.63) is 22.4 Å². The van der Waals surface area contributed by atoms with E-state index in [0.717, 1.165) is 18.9 Å². The molecule has 0 aliphatic heterocycles. The van der Waals surface area contributed by atoms with Gasteiger partial charge in [-0.15, -0.1) is 35.3 Å². The number of halogens is 1. The van der Waals surface area contributed by atoms with E-state index in [9.17, 15) is 4.21 Å². The van der Waals surface area contributed by atoms with Crippen molar-refractivity contribution in [1.82, 2.24) is 10.2 Å². The predicted octanol–water partition coefficient (Wildman–Crippen LogP) is 2.96. The third-order valence-electron chi connectivity index (χ3n) is 3.10. The van der Waals surface area contributed by atoms with Crippen LogP contribution in [-0.4, -0.2) is 52.8 Å². The van der Waals surface area contributed by atoms with Gasteiger partial charge in [-0.2, -0.15) is 0 Å². The SMILES string of the molecule is CN=C(NCCS(=O)C(C)(C)C)N(C)CCc1cccs1.I. The molecule has 1 unspecified atom stereocenters. The number of rotatable bonds is 6. The molecule has 0 aromatic carbocycles. The molecular weight excluding hydrogens is 429 g/mol. The Kier molecular flexibility index (Phi) is 10.5. The number of aliphatic imine (C=N–C) groups is 1. The van der Waals surface area contributed by atoms with E-state index in [1.807, 2.05) is 27.8 Å². The van der Waals surface area contributed by atoms with Gasteiger partial charge in [0.05, 0.1) is 0 Å². The molecule has 1 aromatic heterocycles. The Hall–Kier alpha value is -0.150. The van der Waals surface area contributed by atoms with Gasteiger partial charge in [0.1, 0.15) is 0 Å². The molecule has 0 radical (unpaired) electrons. The Balaban J connectivity index is 0.00000441. The highest BCUT2D eigenvalue weighted by Gasteiger charge is 2.18. The lowest BCUT2D eigenvalue weighted by Crippen LogP contribution is -2.42. The third-order valence-corrected chi connectivity index (χ3v) is 5.98. The summed E-state index contributed by atoms with van der Waals surface area (Å²) < 4.78 is 11.8. The predicted molar refractivity (Wildman–Crippen MR) is 110 cm³/mol. The quantitative estimate of drug-likeness (QED) is 0.406. The molecule has 7 heteroatoms. The van der Waals surface area contributed by atoms with E-state index in [1.165, 1.54) is 4.88 Å². The molecule has 1 atom stereocenters. The fraction of sp³-hybridized carbons (Fsp3) is 0.667. The minimum absolute atomic E-state index is 0. The van der Waals surface area contributed by atoms with Crippen molar-refractivity contribution in [1.29, 1.82) is 0 Å². The van der Waals surface area contributed by atoms with Gasteiger partial charge < -0.3 is 10.2 Å². The summed E-state index contributed by atoms with van der Waals surface area (Å²) in [5, 5.41) is 5.39. The van der Waals surface area contributed by atoms with Gasteiger partial charge in [0, 0.05) is 53.4 Å². The highest BCUT2D eigenvalue weighted by molar-refractivity contribution is 14.0. The summed E-state index contributed by atoms with van der Waals surface area (Å²) in [6, 6.07) is 4.23. The molecule has 1 rings (SSSR count). The van der Waals surface area contributed by atoms with Crippen LogP contribution in [0.3, 0.4) is 0 Å². The normalized spacial score (nSPS) is 13.4. The van der Waals surface area contributed by atoms with Gasteiger partial charge in [-0.3, -0.25) is 9.20 Å². The van der Waals surface area contributed by atoms with E-state index >= 15 is 0 Å². The summed E-state index contributed by atoms with van der Waals surface area (Å²) in [5.41, 5.74) is 0. The zero-order valence-corrected chi connectivity index (χ0v) is 18.1. The summed E-state index contributed by atoms with van der Waals surface area (Å²) >= 11 is 1.78. The van der Waals surface area contributed by atoms with Gasteiger partial charge in [0.2, 0.25) is 0 Å². The number of nitrogens with zero attached hydrogens (tertiary/aromatic N) is 2. The number of thiophene rings is 1. The second-order valence-corrected chi connectivity index (χ2v) is 9.24. The third kappa shape index (κ3) is 7.92. The van der Waals surface area contributed by atoms with E-state index in [-0.39, 0.29) is 28.7 Å². The Morgan fingerprint density at radius 3 is 2.64 bits per heavy atom. The standard InChI is InChI=1S/C15H27N3OS2.HI/c1-15(2,3)21(19)12-9-17-14(16-4)18(5)10-8-13-7-6-11-20-13;/h6-7,11H,8-10,12H2,1-5H3,(H,16,17);1H. The van der Waals surface area contributed by atoms with Crippen LogP contribution in [-0.2, 0) is 17.2 Å². The molecule has 0 bridgehead atoms. The molecule has 1 aromatic rings. The van der Waals surface area contributed by atoms with Gasteiger partial charge >= 0.3 is 0 Å². The summed E-state index contributed by atoms with van der Waals surface area (Å²) in [4.78, 5) is 7.77. The fourth-order valence-corrected chi connectivity index (χ4v) is 3.38. The Morgan fingerprint density at radius 2 is 2.14 bits per heavy atom. The number of nitrogens with one attached hydrogen (secondary N) is 1. The monoisotopic (exact) mass is 457 g/mol. The molecular formula is C15H28IN3OS2. The summed E-state index contributed by atoms with van der Waals surface area (Å²) in [7, 11) is 2.98. The van der Waals surface area contributed by atoms with Crippen molar-refractivity contribution in [3.63, 3.8) is 0 Å². The molecule has 1 N–H and O–H groups in total. The molecule has 1 heterocycles. The lowest BCUT2D eigenvalue weighted by Gasteiger charge is -2.23. The van der Waals surface area contributed by atoms with Crippen molar-refractivity contribution < 1.29 is 4.21 Å². The van der Waals surface area contributed by atoms with E-state index in [0.29, 0.717) is 12.3 Å². The van der Waals surface area contributed by atoms with Crippen molar-refractivity contribution in [2.45, 2.75) is 31.9 Å². The lowest BCUT2D eigenvalue weighted by molar-refractivity contribution is 0.489. The zero-order valence-electron chi connectivity index (χ0n) is 14.1. The fourth-order valence-electron chi connectivity index (χ4n) is 1.79. The Morgan fingerprint density at radius 1 is 1.45 bits per heavy atom. The smallest absolute Gasteiger partial charge is 0.193 e. The van der Waals surface area contributed by atoms with Gasteiger partial charge in [0.25, 0.3) is 0 Å². The van der Waals surface area contributed by atoms with Crippen molar-refractivity contribution in [2.75, 3.05) is 32.9 Å². The van der Waals surface area contributed by atoms with Crippen LogP contribution >= 0.6 is 35.3 Å². The van der Waals surface area contributed by atoms with E-state index in [1.54, 1.807) is 18.4 Å². The second kappa shape index (κ2) is 10.6.